The third-order valence-corrected chi connectivity index (χ3v) is 16.4. The van der Waals surface area contributed by atoms with E-state index in [0.29, 0.717) is 39.6 Å². The van der Waals surface area contributed by atoms with Crippen LogP contribution in [0.5, 0.6) is 11.5 Å². The van der Waals surface area contributed by atoms with Crippen molar-refractivity contribution in [1.82, 2.24) is 0 Å². The average Bonchev–Trinajstić information content (AvgIpc) is 3.30. The zero-order valence-electron chi connectivity index (χ0n) is 43.1. The largest absolute Gasteiger partial charge is 1.00 e. The van der Waals surface area contributed by atoms with E-state index in [2.05, 4.69) is 31.9 Å². The third kappa shape index (κ3) is 13.7. The number of anilines is 4. The summed E-state index contributed by atoms with van der Waals surface area (Å²) in [6.07, 6.45) is 0. The molecule has 0 saturated carbocycles. The van der Waals surface area contributed by atoms with E-state index in [9.17, 15) is 62.9 Å². The predicted octanol–water partition coefficient (Wildman–Crippen LogP) is -7.09. The standard InChI is InChI=1S/C50H42N4O15S4.4Na/c1-25-19-27(3)48(53-70(59,60)33-14-12-32(55)13-15-33)29(5)46(25)51-31-11-17-35-41(21-31)69-42-24-39(44(73(66,67)68)23-38(42)45(35)36-9-7-8-10-43(36)72(63,64)65)52-47-26(2)20-28(4)49(30(47)6)54-71(61,62)34-16-18-40(56)37(22-34)50(57)58;;;;/h7-10,12,14-24,51,53-56H,1-6H3,(H,57,58)(H,63,64,65)(H,66,67,68);;;;/q-2;4*+1/p-2. The van der Waals surface area contributed by atoms with Gasteiger partial charge in [0.2, 0.25) is 21.1 Å². The first-order valence-electron chi connectivity index (χ1n) is 21.4. The molecule has 77 heavy (non-hydrogen) atoms. The number of benzene rings is 7. The number of hydrogen-bond acceptors (Lipinski definition) is 16. The Morgan fingerprint density at radius 1 is 0.610 bits per heavy atom. The Labute approximate surface area is 532 Å². The van der Waals surface area contributed by atoms with Gasteiger partial charge in [-0.25, -0.2) is 38.7 Å². The summed E-state index contributed by atoms with van der Waals surface area (Å²) in [7, 11) is -19.4. The number of fused-ring (bicyclic) bond motifs is 2. The molecule has 1 aliphatic heterocycles. The molecule has 0 fully saturated rings. The second-order valence-electron chi connectivity index (χ2n) is 17.0. The van der Waals surface area contributed by atoms with Crippen molar-refractivity contribution < 1.29 is 191 Å². The van der Waals surface area contributed by atoms with Gasteiger partial charge in [0.1, 0.15) is 36.6 Å². The molecule has 0 saturated heterocycles. The zero-order valence-corrected chi connectivity index (χ0v) is 54.3. The molecule has 1 heterocycles. The number of aromatic carboxylic acids is 1. The van der Waals surface area contributed by atoms with Gasteiger partial charge in [0.05, 0.1) is 33.2 Å². The van der Waals surface area contributed by atoms with Crippen molar-refractivity contribution in [2.75, 3.05) is 14.8 Å². The number of nitrogens with one attached hydrogen (secondary N) is 4. The molecule has 0 atom stereocenters. The van der Waals surface area contributed by atoms with Crippen LogP contribution >= 0.6 is 0 Å². The van der Waals surface area contributed by atoms with Gasteiger partial charge in [-0.3, -0.25) is 9.44 Å². The van der Waals surface area contributed by atoms with Gasteiger partial charge in [-0.05, 0) is 111 Å². The molecular weight excluding hydrogens is 1120 g/mol. The first-order valence-corrected chi connectivity index (χ1v) is 27.2. The number of aromatic hydroxyl groups is 2. The number of hydrogen-bond donors (Lipinski definition) is 6. The Balaban J connectivity index is 0.00000320. The minimum absolute atomic E-state index is 0. The van der Waals surface area contributed by atoms with E-state index in [4.69, 9.17) is 4.42 Å². The summed E-state index contributed by atoms with van der Waals surface area (Å²) in [6, 6.07) is 25.0. The molecule has 27 heteroatoms. The van der Waals surface area contributed by atoms with Crippen LogP contribution in [0.2, 0.25) is 0 Å². The summed E-state index contributed by atoms with van der Waals surface area (Å²) in [5, 5.41) is 34.2. The van der Waals surface area contributed by atoms with Crippen LogP contribution in [0.25, 0.3) is 33.4 Å². The molecule has 19 nitrogen and oxygen atoms in total. The number of sulfonamides is 2. The smallest absolute Gasteiger partial charge is 0.744 e. The number of phenolic OH excluding ortho intramolecular Hbond substituents is 1. The van der Waals surface area contributed by atoms with Crippen LogP contribution < -0.4 is 148 Å². The minimum Gasteiger partial charge on any atom is -0.744 e. The van der Waals surface area contributed by atoms with E-state index < -0.39 is 72.3 Å². The van der Waals surface area contributed by atoms with Crippen LogP contribution in [0, 0.1) is 53.7 Å². The fourth-order valence-electron chi connectivity index (χ4n) is 8.55. The van der Waals surface area contributed by atoms with E-state index in [1.807, 2.05) is 0 Å². The minimum atomic E-state index is -5.44. The van der Waals surface area contributed by atoms with Gasteiger partial charge in [-0.2, -0.15) is 18.2 Å². The van der Waals surface area contributed by atoms with Crippen molar-refractivity contribution in [1.29, 1.82) is 0 Å². The summed E-state index contributed by atoms with van der Waals surface area (Å²) in [4.78, 5) is 12.3. The number of phenols is 2. The predicted molar refractivity (Wildman–Crippen MR) is 262 cm³/mol. The van der Waals surface area contributed by atoms with Gasteiger partial charge in [-0.15, -0.1) is 24.3 Å². The van der Waals surface area contributed by atoms with Crippen LogP contribution in [-0.4, -0.2) is 59.0 Å². The monoisotopic (exact) mass is 1160 g/mol. The molecule has 0 spiro atoms. The van der Waals surface area contributed by atoms with Gasteiger partial charge >= 0.3 is 118 Å². The maximum Gasteiger partial charge on any atom is 1.00 e. The number of carboxylic acid groups (broad SMARTS) is 1. The second-order valence-corrected chi connectivity index (χ2v) is 23.0. The first kappa shape index (κ1) is 65.7. The molecule has 6 N–H and O–H groups in total. The van der Waals surface area contributed by atoms with Crippen molar-refractivity contribution in [3.63, 3.8) is 0 Å². The Morgan fingerprint density at radius 2 is 1.18 bits per heavy atom. The summed E-state index contributed by atoms with van der Waals surface area (Å²) in [6.45, 7) is 9.84. The van der Waals surface area contributed by atoms with Crippen LogP contribution in [0.3, 0.4) is 0 Å². The summed E-state index contributed by atoms with van der Waals surface area (Å²) in [5.41, 5.74) is 2.65. The van der Waals surface area contributed by atoms with Gasteiger partial charge in [0.25, 0.3) is 10.0 Å². The molecule has 0 amide bonds. The van der Waals surface area contributed by atoms with Crippen molar-refractivity contribution in [3.8, 4) is 33.9 Å². The molecule has 8 rings (SSSR count). The fraction of sp³-hybridized carbons (Fsp3) is 0.120. The molecular formula is C50H40N4Na4O15S4. The van der Waals surface area contributed by atoms with Crippen molar-refractivity contribution in [2.45, 2.75) is 61.1 Å². The zero-order chi connectivity index (χ0) is 53.3. The Kier molecular flexibility index (Phi) is 21.3. The second kappa shape index (κ2) is 24.9. The van der Waals surface area contributed by atoms with Crippen LogP contribution in [-0.2, 0) is 40.3 Å². The van der Waals surface area contributed by atoms with Gasteiger partial charge in [0, 0.05) is 39.3 Å². The van der Waals surface area contributed by atoms with Crippen LogP contribution in [0.4, 0.5) is 28.4 Å². The van der Waals surface area contributed by atoms with Gasteiger partial charge < -0.3 is 39.0 Å². The number of aryl methyl sites for hydroxylation is 4. The number of carbonyl (C=O) groups excluding carboxylic acids is 1. The van der Waals surface area contributed by atoms with E-state index in [1.165, 1.54) is 55.5 Å². The normalized spacial score (nSPS) is 11.9. The number of rotatable bonds is 13. The molecule has 2 aliphatic rings. The molecule has 0 unspecified atom stereocenters. The van der Waals surface area contributed by atoms with Crippen LogP contribution in [0.1, 0.15) is 43.7 Å². The molecule has 1 aliphatic carbocycles. The summed E-state index contributed by atoms with van der Waals surface area (Å²) >= 11 is 0. The van der Waals surface area contributed by atoms with Crippen molar-refractivity contribution >= 4 is 85.7 Å². The van der Waals surface area contributed by atoms with Crippen molar-refractivity contribution in [2.24, 2.45) is 0 Å². The first-order chi connectivity index (χ1) is 34.0. The topological polar surface area (TPSA) is 326 Å². The molecule has 6 aromatic rings. The Morgan fingerprint density at radius 3 is 1.78 bits per heavy atom. The van der Waals surface area contributed by atoms with E-state index in [1.54, 1.807) is 46.8 Å². The van der Waals surface area contributed by atoms with E-state index in [0.717, 1.165) is 30.3 Å². The summed E-state index contributed by atoms with van der Waals surface area (Å²) < 4.78 is 144. The van der Waals surface area contributed by atoms with Gasteiger partial charge in [-0.1, -0.05) is 40.9 Å². The molecule has 0 bridgehead atoms. The van der Waals surface area contributed by atoms with Crippen LogP contribution in [0.15, 0.2) is 121 Å². The molecule has 0 radical (unpaired) electrons. The van der Waals surface area contributed by atoms with Gasteiger partial charge in [0.15, 0.2) is 0 Å². The van der Waals surface area contributed by atoms with E-state index >= 15 is 0 Å². The third-order valence-electron chi connectivity index (χ3n) is 12.0. The number of carboxylic acids is 1. The Hall–Kier alpha value is -3.80. The SMILES string of the molecule is Cc1cc(C)c(NS(=O)(=O)c2c[c-]c(O)cc2)c(C)c1Nc1[c-]cc2c(-c3ccccc3S(=O)(=O)[O-])c3cc(S(=O)(=O)[O-])c(=[NH+]c4c(C)cc(C)c(NS(=O)(=O)c5ccc(O)c(C(=O)[O-])c5)c4C)cc-3oc2c1.[Na+].[Na+].[Na+].[Na+]. The molecule has 378 valence electrons. The number of carbonyl (C=O) groups is 1. The summed E-state index contributed by atoms with van der Waals surface area (Å²) in [5.74, 6) is -2.94. The van der Waals surface area contributed by atoms with Crippen molar-refractivity contribution in [3.05, 3.63) is 153 Å². The maximum absolute atomic E-state index is 13.7. The Bertz CT molecular complexity index is 4180. The molecule has 0 aromatic heterocycles. The van der Waals surface area contributed by atoms with E-state index in [-0.39, 0.29) is 196 Å². The average molecular weight is 1160 g/mol. The fourth-order valence-corrected chi connectivity index (χ4v) is 12.3. The maximum atomic E-state index is 13.7. The quantitative estimate of drug-likeness (QED) is 0.0271. The molecule has 6 aromatic carbocycles.